The maximum Gasteiger partial charge on any atom is 0.228 e. The molecule has 1 saturated heterocycles. The first-order chi connectivity index (χ1) is 8.37. The van der Waals surface area contributed by atoms with E-state index in [1.165, 1.54) is 0 Å². The van der Waals surface area contributed by atoms with Crippen molar-refractivity contribution in [3.05, 3.63) is 23.8 Å². The Morgan fingerprint density at radius 3 is 2.72 bits per heavy atom. The molecule has 0 saturated carbocycles. The van der Waals surface area contributed by atoms with Crippen LogP contribution in [0.15, 0.2) is 18.2 Å². The summed E-state index contributed by atoms with van der Waals surface area (Å²) in [5.41, 5.74) is 7.82. The molecule has 98 valence electrons. The van der Waals surface area contributed by atoms with E-state index in [-0.39, 0.29) is 17.4 Å². The lowest BCUT2D eigenvalue weighted by Crippen LogP contribution is -2.24. The van der Waals surface area contributed by atoms with Crippen LogP contribution < -0.4 is 11.1 Å². The molecule has 1 unspecified atom stereocenters. The Morgan fingerprint density at radius 2 is 2.17 bits per heavy atom. The molecule has 1 aromatic rings. The Labute approximate surface area is 106 Å². The zero-order valence-corrected chi connectivity index (χ0v) is 11.0. The number of amides is 1. The maximum atomic E-state index is 11.9. The molecule has 1 aliphatic heterocycles. The average Bonchev–Trinajstić information content (AvgIpc) is 2.63. The number of nitrogens with two attached hydrogens (primary N) is 1. The van der Waals surface area contributed by atoms with Crippen LogP contribution in [0.3, 0.4) is 0 Å². The van der Waals surface area contributed by atoms with Crippen LogP contribution >= 0.6 is 0 Å². The Hall–Kier alpha value is -1.56. The van der Waals surface area contributed by atoms with Gasteiger partial charge in [-0.1, -0.05) is 6.07 Å². The Balaban J connectivity index is 2.08. The zero-order valence-electron chi connectivity index (χ0n) is 10.1. The molecule has 2 rings (SSSR count). The van der Waals surface area contributed by atoms with Crippen LogP contribution in [0.5, 0.6) is 0 Å². The number of sulfone groups is 1. The molecule has 0 aromatic heterocycles. The van der Waals surface area contributed by atoms with Gasteiger partial charge in [-0.2, -0.15) is 0 Å². The normalized spacial score (nSPS) is 21.7. The molecule has 18 heavy (non-hydrogen) atoms. The molecule has 1 fully saturated rings. The predicted octanol–water partition coefficient (Wildman–Crippen LogP) is 0.950. The molecule has 1 aliphatic rings. The largest absolute Gasteiger partial charge is 0.397 e. The first kappa shape index (κ1) is 12.9. The molecule has 0 spiro atoms. The fourth-order valence-electron chi connectivity index (χ4n) is 2.03. The Kier molecular flexibility index (Phi) is 3.30. The second-order valence-corrected chi connectivity index (χ2v) is 6.91. The van der Waals surface area contributed by atoms with Crippen LogP contribution in [0.2, 0.25) is 0 Å². The van der Waals surface area contributed by atoms with E-state index in [1.54, 1.807) is 12.1 Å². The van der Waals surface area contributed by atoms with Crippen molar-refractivity contribution in [1.29, 1.82) is 0 Å². The molecular formula is C12H16N2O3S. The minimum Gasteiger partial charge on any atom is -0.397 e. The lowest BCUT2D eigenvalue weighted by molar-refractivity contribution is -0.119. The summed E-state index contributed by atoms with van der Waals surface area (Å²) in [6.45, 7) is 1.91. The Bertz CT molecular complexity index is 581. The van der Waals surface area contributed by atoms with Crippen LogP contribution in [0.25, 0.3) is 0 Å². The molecule has 0 aliphatic carbocycles. The smallest absolute Gasteiger partial charge is 0.228 e. The summed E-state index contributed by atoms with van der Waals surface area (Å²) >= 11 is 0. The first-order valence-electron chi connectivity index (χ1n) is 5.75. The van der Waals surface area contributed by atoms with Gasteiger partial charge in [0.25, 0.3) is 0 Å². The average molecular weight is 268 g/mol. The van der Waals surface area contributed by atoms with Crippen LogP contribution in [-0.4, -0.2) is 25.8 Å². The second kappa shape index (κ2) is 4.61. The highest BCUT2D eigenvalue weighted by Crippen LogP contribution is 2.23. The minimum absolute atomic E-state index is 0.0649. The summed E-state index contributed by atoms with van der Waals surface area (Å²) in [7, 11) is -3.04. The number of aryl methyl sites for hydroxylation is 1. The van der Waals surface area contributed by atoms with E-state index in [4.69, 9.17) is 5.73 Å². The molecule has 6 heteroatoms. The van der Waals surface area contributed by atoms with Crippen LogP contribution in [-0.2, 0) is 14.6 Å². The van der Waals surface area contributed by atoms with Gasteiger partial charge in [-0.3, -0.25) is 4.79 Å². The fourth-order valence-corrected chi connectivity index (χ4v) is 3.77. The predicted molar refractivity (Wildman–Crippen MR) is 71.0 cm³/mol. The van der Waals surface area contributed by atoms with Gasteiger partial charge in [0.1, 0.15) is 0 Å². The van der Waals surface area contributed by atoms with Gasteiger partial charge in [0, 0.05) is 0 Å². The van der Waals surface area contributed by atoms with Crippen molar-refractivity contribution in [2.45, 2.75) is 13.3 Å². The van der Waals surface area contributed by atoms with Gasteiger partial charge in [0.05, 0.1) is 28.8 Å². The number of carbonyl (C=O) groups excluding carboxylic acids is 1. The van der Waals surface area contributed by atoms with E-state index < -0.39 is 15.8 Å². The summed E-state index contributed by atoms with van der Waals surface area (Å²) in [6.07, 6.45) is 0.389. The van der Waals surface area contributed by atoms with Crippen molar-refractivity contribution in [2.75, 3.05) is 22.6 Å². The number of hydrogen-bond donors (Lipinski definition) is 2. The fraction of sp³-hybridized carbons (Fsp3) is 0.417. The molecule has 0 radical (unpaired) electrons. The van der Waals surface area contributed by atoms with Crippen molar-refractivity contribution in [1.82, 2.24) is 0 Å². The third kappa shape index (κ3) is 2.81. The lowest BCUT2D eigenvalue weighted by atomic mass is 10.1. The van der Waals surface area contributed by atoms with Gasteiger partial charge in [0.2, 0.25) is 5.91 Å². The highest BCUT2D eigenvalue weighted by atomic mass is 32.2. The van der Waals surface area contributed by atoms with Gasteiger partial charge < -0.3 is 11.1 Å². The monoisotopic (exact) mass is 268 g/mol. The topological polar surface area (TPSA) is 89.3 Å². The van der Waals surface area contributed by atoms with E-state index in [0.717, 1.165) is 5.56 Å². The van der Waals surface area contributed by atoms with Gasteiger partial charge in [-0.05, 0) is 31.0 Å². The maximum absolute atomic E-state index is 11.9. The number of anilines is 2. The van der Waals surface area contributed by atoms with Crippen LogP contribution in [0.1, 0.15) is 12.0 Å². The SMILES string of the molecule is Cc1ccc(NC(=O)C2CCS(=O)(=O)C2)c(N)c1. The molecule has 1 atom stereocenters. The molecule has 5 nitrogen and oxygen atoms in total. The molecular weight excluding hydrogens is 252 g/mol. The summed E-state index contributed by atoms with van der Waals surface area (Å²) in [5, 5.41) is 2.69. The summed E-state index contributed by atoms with van der Waals surface area (Å²) in [4.78, 5) is 11.9. The summed E-state index contributed by atoms with van der Waals surface area (Å²) in [6, 6.07) is 5.34. The number of nitrogens with one attached hydrogen (secondary N) is 1. The van der Waals surface area contributed by atoms with Crippen LogP contribution in [0, 0.1) is 12.8 Å². The third-order valence-corrected chi connectivity index (χ3v) is 4.84. The molecule has 1 amide bonds. The van der Waals surface area contributed by atoms with Crippen molar-refractivity contribution in [3.8, 4) is 0 Å². The van der Waals surface area contributed by atoms with Crippen molar-refractivity contribution in [2.24, 2.45) is 5.92 Å². The van der Waals surface area contributed by atoms with E-state index in [1.807, 2.05) is 13.0 Å². The molecule has 1 aromatic carbocycles. The van der Waals surface area contributed by atoms with E-state index in [2.05, 4.69) is 5.32 Å². The lowest BCUT2D eigenvalue weighted by Gasteiger charge is -2.11. The molecule has 1 heterocycles. The first-order valence-corrected chi connectivity index (χ1v) is 7.57. The van der Waals surface area contributed by atoms with E-state index >= 15 is 0 Å². The number of hydrogen-bond acceptors (Lipinski definition) is 4. The summed E-state index contributed by atoms with van der Waals surface area (Å²) in [5.74, 6) is -0.707. The van der Waals surface area contributed by atoms with Gasteiger partial charge in [-0.15, -0.1) is 0 Å². The van der Waals surface area contributed by atoms with Crippen molar-refractivity contribution in [3.63, 3.8) is 0 Å². The van der Waals surface area contributed by atoms with E-state index in [0.29, 0.717) is 17.8 Å². The number of carbonyl (C=O) groups is 1. The van der Waals surface area contributed by atoms with Crippen molar-refractivity contribution < 1.29 is 13.2 Å². The molecule has 0 bridgehead atoms. The van der Waals surface area contributed by atoms with Gasteiger partial charge in [0.15, 0.2) is 9.84 Å². The van der Waals surface area contributed by atoms with Gasteiger partial charge >= 0.3 is 0 Å². The standard InChI is InChI=1S/C12H16N2O3S/c1-8-2-3-11(10(13)6-8)14-12(15)9-4-5-18(16,17)7-9/h2-3,6,9H,4-5,7,13H2,1H3,(H,14,15). The Morgan fingerprint density at radius 1 is 1.44 bits per heavy atom. The van der Waals surface area contributed by atoms with E-state index in [9.17, 15) is 13.2 Å². The third-order valence-electron chi connectivity index (χ3n) is 3.07. The van der Waals surface area contributed by atoms with Gasteiger partial charge in [-0.25, -0.2) is 8.42 Å². The molecule has 3 N–H and O–H groups in total. The number of rotatable bonds is 2. The summed E-state index contributed by atoms with van der Waals surface area (Å²) < 4.78 is 22.6. The van der Waals surface area contributed by atoms with Crippen LogP contribution in [0.4, 0.5) is 11.4 Å². The van der Waals surface area contributed by atoms with Crippen molar-refractivity contribution >= 4 is 27.1 Å². The number of nitrogen functional groups attached to an aromatic ring is 1. The quantitative estimate of drug-likeness (QED) is 0.781. The zero-order chi connectivity index (χ0) is 13.3. The number of benzene rings is 1. The highest BCUT2D eigenvalue weighted by Gasteiger charge is 2.33. The highest BCUT2D eigenvalue weighted by molar-refractivity contribution is 7.91. The second-order valence-electron chi connectivity index (χ2n) is 4.68. The minimum atomic E-state index is -3.04.